The lowest BCUT2D eigenvalue weighted by molar-refractivity contribution is -0.136. The summed E-state index contributed by atoms with van der Waals surface area (Å²) in [4.78, 5) is 10.7. The highest BCUT2D eigenvalue weighted by molar-refractivity contribution is 6.32. The van der Waals surface area contributed by atoms with Gasteiger partial charge in [-0.2, -0.15) is 5.26 Å². The first-order valence-electron chi connectivity index (χ1n) is 4.93. The summed E-state index contributed by atoms with van der Waals surface area (Å²) in [6.07, 6.45) is 1.16. The summed E-state index contributed by atoms with van der Waals surface area (Å²) in [5.41, 5.74) is 1.32. The molecule has 2 aromatic rings. The predicted octanol–water partition coefficient (Wildman–Crippen LogP) is 1.42. The summed E-state index contributed by atoms with van der Waals surface area (Å²) in [5.74, 6) is -0.983. The molecule has 2 rings (SSSR count). The smallest absolute Gasteiger partial charge is 0.309 e. The quantitative estimate of drug-likeness (QED) is 0.903. The lowest BCUT2D eigenvalue weighted by Gasteiger charge is -2.06. The van der Waals surface area contributed by atoms with Crippen molar-refractivity contribution in [1.82, 2.24) is 15.0 Å². The Balaban J connectivity index is 2.46. The van der Waals surface area contributed by atoms with E-state index in [1.54, 1.807) is 12.1 Å². The molecule has 90 valence electrons. The van der Waals surface area contributed by atoms with E-state index >= 15 is 0 Å². The SMILES string of the molecule is N#Cc1ccc(-n2nncc2CC(=O)O)c(Cl)c1. The minimum atomic E-state index is -0.983. The van der Waals surface area contributed by atoms with Crippen LogP contribution in [-0.2, 0) is 11.2 Å². The lowest BCUT2D eigenvalue weighted by atomic mass is 10.2. The Labute approximate surface area is 107 Å². The van der Waals surface area contributed by atoms with Gasteiger partial charge >= 0.3 is 5.97 Å². The minimum absolute atomic E-state index is 0.205. The molecule has 0 bridgehead atoms. The zero-order valence-electron chi connectivity index (χ0n) is 9.04. The van der Waals surface area contributed by atoms with Crippen molar-refractivity contribution in [2.24, 2.45) is 0 Å². The van der Waals surface area contributed by atoms with Crippen molar-refractivity contribution < 1.29 is 9.90 Å². The van der Waals surface area contributed by atoms with Crippen molar-refractivity contribution in [2.45, 2.75) is 6.42 Å². The number of rotatable bonds is 3. The topological polar surface area (TPSA) is 91.8 Å². The highest BCUT2D eigenvalue weighted by atomic mass is 35.5. The van der Waals surface area contributed by atoms with Crippen LogP contribution in [0.4, 0.5) is 0 Å². The number of aliphatic carboxylic acids is 1. The van der Waals surface area contributed by atoms with Crippen molar-refractivity contribution in [3.05, 3.63) is 40.7 Å². The van der Waals surface area contributed by atoms with Gasteiger partial charge in [0.05, 0.1) is 40.7 Å². The largest absolute Gasteiger partial charge is 0.481 e. The van der Waals surface area contributed by atoms with Gasteiger partial charge in [0.1, 0.15) is 0 Å². The molecule has 7 heteroatoms. The van der Waals surface area contributed by atoms with Crippen LogP contribution in [0.1, 0.15) is 11.3 Å². The molecule has 1 aromatic carbocycles. The van der Waals surface area contributed by atoms with Crippen molar-refractivity contribution >= 4 is 17.6 Å². The van der Waals surface area contributed by atoms with E-state index in [0.29, 0.717) is 22.0 Å². The number of nitriles is 1. The summed E-state index contributed by atoms with van der Waals surface area (Å²) >= 11 is 6.02. The van der Waals surface area contributed by atoms with Gasteiger partial charge in [-0.15, -0.1) is 5.10 Å². The van der Waals surface area contributed by atoms with E-state index in [1.807, 2.05) is 6.07 Å². The van der Waals surface area contributed by atoms with Crippen LogP contribution in [0.3, 0.4) is 0 Å². The molecule has 1 heterocycles. The number of carbonyl (C=O) groups is 1. The van der Waals surface area contributed by atoms with Crippen molar-refractivity contribution in [3.8, 4) is 11.8 Å². The first kappa shape index (κ1) is 12.1. The summed E-state index contributed by atoms with van der Waals surface area (Å²) < 4.78 is 1.34. The molecule has 18 heavy (non-hydrogen) atoms. The number of carboxylic acids is 1. The third-order valence-electron chi connectivity index (χ3n) is 2.26. The monoisotopic (exact) mass is 262 g/mol. The molecular weight excluding hydrogens is 256 g/mol. The van der Waals surface area contributed by atoms with E-state index in [1.165, 1.54) is 16.9 Å². The van der Waals surface area contributed by atoms with Gasteiger partial charge in [-0.05, 0) is 18.2 Å². The number of halogens is 1. The second-order valence-electron chi connectivity index (χ2n) is 3.49. The molecule has 0 aliphatic heterocycles. The van der Waals surface area contributed by atoms with E-state index in [4.69, 9.17) is 22.0 Å². The van der Waals surface area contributed by atoms with Crippen LogP contribution in [0.15, 0.2) is 24.4 Å². The zero-order valence-corrected chi connectivity index (χ0v) is 9.79. The molecule has 0 saturated carbocycles. The van der Waals surface area contributed by atoms with Gasteiger partial charge in [0.25, 0.3) is 0 Å². The van der Waals surface area contributed by atoms with Gasteiger partial charge in [0.2, 0.25) is 0 Å². The fourth-order valence-corrected chi connectivity index (χ4v) is 1.74. The molecule has 0 aliphatic carbocycles. The molecule has 1 N–H and O–H groups in total. The summed E-state index contributed by atoms with van der Waals surface area (Å²) in [6, 6.07) is 6.63. The summed E-state index contributed by atoms with van der Waals surface area (Å²) in [6.45, 7) is 0. The average molecular weight is 263 g/mol. The van der Waals surface area contributed by atoms with Crippen LogP contribution >= 0.6 is 11.6 Å². The van der Waals surface area contributed by atoms with Crippen LogP contribution in [0.25, 0.3) is 5.69 Å². The zero-order chi connectivity index (χ0) is 13.1. The van der Waals surface area contributed by atoms with E-state index in [2.05, 4.69) is 10.3 Å². The number of benzene rings is 1. The second-order valence-corrected chi connectivity index (χ2v) is 3.89. The van der Waals surface area contributed by atoms with Crippen LogP contribution < -0.4 is 0 Å². The average Bonchev–Trinajstić information content (AvgIpc) is 2.76. The van der Waals surface area contributed by atoms with E-state index in [-0.39, 0.29) is 6.42 Å². The normalized spacial score (nSPS) is 10.0. The molecule has 6 nitrogen and oxygen atoms in total. The Bertz CT molecular complexity index is 645. The Morgan fingerprint density at radius 3 is 2.94 bits per heavy atom. The Morgan fingerprint density at radius 1 is 1.56 bits per heavy atom. The van der Waals surface area contributed by atoms with E-state index in [9.17, 15) is 4.79 Å². The van der Waals surface area contributed by atoms with Gasteiger partial charge < -0.3 is 5.11 Å². The second kappa shape index (κ2) is 4.85. The van der Waals surface area contributed by atoms with Crippen LogP contribution in [-0.4, -0.2) is 26.1 Å². The molecule has 0 aliphatic rings. The Kier molecular flexibility index (Phi) is 3.26. The third-order valence-corrected chi connectivity index (χ3v) is 2.56. The Morgan fingerprint density at radius 2 is 2.33 bits per heavy atom. The summed E-state index contributed by atoms with van der Waals surface area (Å²) in [5, 5.41) is 25.3. The first-order valence-corrected chi connectivity index (χ1v) is 5.31. The van der Waals surface area contributed by atoms with E-state index in [0.717, 1.165) is 0 Å². The number of hydrogen-bond donors (Lipinski definition) is 1. The number of carboxylic acid groups (broad SMARTS) is 1. The van der Waals surface area contributed by atoms with Crippen LogP contribution in [0, 0.1) is 11.3 Å². The highest BCUT2D eigenvalue weighted by Crippen LogP contribution is 2.22. The van der Waals surface area contributed by atoms with E-state index < -0.39 is 5.97 Å². The van der Waals surface area contributed by atoms with Crippen molar-refractivity contribution in [3.63, 3.8) is 0 Å². The first-order chi connectivity index (χ1) is 8.61. The van der Waals surface area contributed by atoms with Gasteiger partial charge in [0.15, 0.2) is 0 Å². The molecular formula is C11H7ClN4O2. The van der Waals surface area contributed by atoms with Crippen LogP contribution in [0.2, 0.25) is 5.02 Å². The predicted molar refractivity (Wildman–Crippen MR) is 62.4 cm³/mol. The Hall–Kier alpha value is -2.39. The fourth-order valence-electron chi connectivity index (χ4n) is 1.48. The van der Waals surface area contributed by atoms with Gasteiger partial charge in [-0.3, -0.25) is 4.79 Å². The van der Waals surface area contributed by atoms with Crippen molar-refractivity contribution in [1.29, 1.82) is 5.26 Å². The molecule has 0 atom stereocenters. The molecule has 0 radical (unpaired) electrons. The third kappa shape index (κ3) is 2.31. The maximum Gasteiger partial charge on any atom is 0.309 e. The lowest BCUT2D eigenvalue weighted by Crippen LogP contribution is -2.08. The number of hydrogen-bond acceptors (Lipinski definition) is 4. The standard InChI is InChI=1S/C11H7ClN4O2/c12-9-3-7(5-13)1-2-10(9)16-8(4-11(17)18)6-14-15-16/h1-3,6H,4H2,(H,17,18). The molecule has 0 fully saturated rings. The van der Waals surface area contributed by atoms with Gasteiger partial charge in [0, 0.05) is 0 Å². The van der Waals surface area contributed by atoms with Gasteiger partial charge in [-0.25, -0.2) is 4.68 Å². The molecule has 0 spiro atoms. The minimum Gasteiger partial charge on any atom is -0.481 e. The van der Waals surface area contributed by atoms with Crippen molar-refractivity contribution in [2.75, 3.05) is 0 Å². The maximum atomic E-state index is 10.7. The fraction of sp³-hybridized carbons (Fsp3) is 0.0909. The molecule has 1 aromatic heterocycles. The number of nitrogens with zero attached hydrogens (tertiary/aromatic N) is 4. The summed E-state index contributed by atoms with van der Waals surface area (Å²) in [7, 11) is 0. The molecule has 0 amide bonds. The van der Waals surface area contributed by atoms with Gasteiger partial charge in [-0.1, -0.05) is 16.8 Å². The molecule has 0 saturated heterocycles. The number of aromatic nitrogens is 3. The maximum absolute atomic E-state index is 10.7. The highest BCUT2D eigenvalue weighted by Gasteiger charge is 2.12. The van der Waals surface area contributed by atoms with Crippen LogP contribution in [0.5, 0.6) is 0 Å². The molecule has 0 unspecified atom stereocenters.